The third-order valence-corrected chi connectivity index (χ3v) is 1.87. The largest absolute Gasteiger partial charge is 0.0874 e. The van der Waals surface area contributed by atoms with E-state index in [2.05, 4.69) is 58.1 Å². The Balaban J connectivity index is 4.54. The molecule has 0 heterocycles. The van der Waals surface area contributed by atoms with Crippen molar-refractivity contribution in [1.82, 2.24) is 0 Å². The molecule has 0 nitrogen and oxygen atoms in total. The summed E-state index contributed by atoms with van der Waals surface area (Å²) in [5.74, 6) is 0. The van der Waals surface area contributed by atoms with Crippen molar-refractivity contribution >= 4 is 0 Å². The molecular formula is C14H22. The van der Waals surface area contributed by atoms with Crippen molar-refractivity contribution in [2.45, 2.75) is 41.0 Å². The molecule has 0 saturated heterocycles. The van der Waals surface area contributed by atoms with Gasteiger partial charge < -0.3 is 0 Å². The van der Waals surface area contributed by atoms with Gasteiger partial charge in [0.05, 0.1) is 0 Å². The van der Waals surface area contributed by atoms with Crippen molar-refractivity contribution in [2.24, 2.45) is 0 Å². The highest BCUT2D eigenvalue weighted by molar-refractivity contribution is 5.32. The summed E-state index contributed by atoms with van der Waals surface area (Å²) in [6.45, 7) is 10.6. The van der Waals surface area contributed by atoms with E-state index in [4.69, 9.17) is 0 Å². The second-order valence-corrected chi connectivity index (χ2v) is 3.63. The molecule has 0 aliphatic carbocycles. The summed E-state index contributed by atoms with van der Waals surface area (Å²) in [6.07, 6.45) is 11.9. The maximum Gasteiger partial charge on any atom is -0.0374 e. The lowest BCUT2D eigenvalue weighted by atomic mass is 10.1. The van der Waals surface area contributed by atoms with Crippen molar-refractivity contribution in [3.8, 4) is 0 Å². The summed E-state index contributed by atoms with van der Waals surface area (Å²) in [5.41, 5.74) is 3.95. The molecule has 0 radical (unpaired) electrons. The predicted molar refractivity (Wildman–Crippen MR) is 66.4 cm³/mol. The molecule has 0 aliphatic heterocycles. The Bertz CT molecular complexity index is 272. The van der Waals surface area contributed by atoms with E-state index < -0.39 is 0 Å². The molecule has 0 aromatic rings. The average molecular weight is 190 g/mol. The summed E-state index contributed by atoms with van der Waals surface area (Å²) >= 11 is 0. The minimum absolute atomic E-state index is 1.10. The molecule has 0 amide bonds. The van der Waals surface area contributed by atoms with Gasteiger partial charge in [0.2, 0.25) is 0 Å². The fourth-order valence-electron chi connectivity index (χ4n) is 1.45. The van der Waals surface area contributed by atoms with Gasteiger partial charge in [-0.05, 0) is 34.1 Å². The normalized spacial score (nSPS) is 15.4. The van der Waals surface area contributed by atoms with Gasteiger partial charge in [0, 0.05) is 0 Å². The maximum absolute atomic E-state index is 2.24. The molecule has 0 aromatic heterocycles. The van der Waals surface area contributed by atoms with Crippen LogP contribution in [0.3, 0.4) is 0 Å². The van der Waals surface area contributed by atoms with E-state index in [0.717, 1.165) is 6.42 Å². The maximum atomic E-state index is 2.24. The fraction of sp³-hybridized carbons (Fsp3) is 0.429. The average Bonchev–Trinajstić information content (AvgIpc) is 2.03. The molecule has 78 valence electrons. The van der Waals surface area contributed by atoms with Crippen LogP contribution in [0.25, 0.3) is 0 Å². The van der Waals surface area contributed by atoms with Gasteiger partial charge in [0.15, 0.2) is 0 Å². The number of rotatable bonds is 4. The van der Waals surface area contributed by atoms with Crippen molar-refractivity contribution < 1.29 is 0 Å². The first kappa shape index (κ1) is 13.0. The summed E-state index contributed by atoms with van der Waals surface area (Å²) < 4.78 is 0. The molecule has 0 saturated carbocycles. The van der Waals surface area contributed by atoms with Crippen molar-refractivity contribution in [1.29, 1.82) is 0 Å². The third kappa shape index (κ3) is 6.47. The Hall–Kier alpha value is -1.04. The zero-order valence-electron chi connectivity index (χ0n) is 10.1. The van der Waals surface area contributed by atoms with Crippen molar-refractivity contribution in [2.75, 3.05) is 0 Å². The predicted octanol–water partition coefficient (Wildman–Crippen LogP) is 4.81. The zero-order chi connectivity index (χ0) is 11.0. The van der Waals surface area contributed by atoms with Gasteiger partial charge in [-0.15, -0.1) is 0 Å². The summed E-state index contributed by atoms with van der Waals surface area (Å²) in [5, 5.41) is 0. The van der Waals surface area contributed by atoms with Gasteiger partial charge in [-0.1, -0.05) is 54.0 Å². The first-order valence-corrected chi connectivity index (χ1v) is 5.26. The van der Waals surface area contributed by atoms with Gasteiger partial charge in [0.25, 0.3) is 0 Å². The molecule has 14 heavy (non-hydrogen) atoms. The smallest absolute Gasteiger partial charge is 0.0374 e. The number of allylic oxidation sites excluding steroid dienone is 8. The second kappa shape index (κ2) is 7.37. The summed E-state index contributed by atoms with van der Waals surface area (Å²) in [6, 6.07) is 0. The fourth-order valence-corrected chi connectivity index (χ4v) is 1.45. The van der Waals surface area contributed by atoms with E-state index in [1.54, 1.807) is 0 Å². The standard InChI is InChI=1S/C14H22/c1-6-8-12(3)10-14(5)11-13(4)9-7-2/h6,8-11H,7H2,1-5H3/b8-6+,12-10+,13-9+,14-11+. The van der Waals surface area contributed by atoms with Gasteiger partial charge in [-0.3, -0.25) is 0 Å². The van der Waals surface area contributed by atoms with Crippen molar-refractivity contribution in [3.05, 3.63) is 47.1 Å². The van der Waals surface area contributed by atoms with Crippen LogP contribution in [-0.2, 0) is 0 Å². The highest BCUT2D eigenvalue weighted by atomic mass is 13.9. The van der Waals surface area contributed by atoms with Crippen LogP contribution in [0.15, 0.2) is 47.1 Å². The van der Waals surface area contributed by atoms with E-state index in [1.165, 1.54) is 16.7 Å². The van der Waals surface area contributed by atoms with Crippen LogP contribution < -0.4 is 0 Å². The van der Waals surface area contributed by atoms with Crippen LogP contribution in [0, 0.1) is 0 Å². The van der Waals surface area contributed by atoms with E-state index in [-0.39, 0.29) is 0 Å². The van der Waals surface area contributed by atoms with Crippen LogP contribution >= 0.6 is 0 Å². The lowest BCUT2D eigenvalue weighted by Gasteiger charge is -1.96. The Morgan fingerprint density at radius 2 is 1.50 bits per heavy atom. The molecule has 0 N–H and O–H groups in total. The molecular weight excluding hydrogens is 168 g/mol. The van der Waals surface area contributed by atoms with Crippen LogP contribution in [0.4, 0.5) is 0 Å². The SMILES string of the molecule is C/C=C/C(C)=C/C(C)=C/C(C)=C/CC. The van der Waals surface area contributed by atoms with Crippen LogP contribution in [-0.4, -0.2) is 0 Å². The number of hydrogen-bond donors (Lipinski definition) is 0. The molecule has 0 atom stereocenters. The first-order chi connectivity index (χ1) is 6.60. The summed E-state index contributed by atoms with van der Waals surface area (Å²) in [7, 11) is 0. The second-order valence-electron chi connectivity index (χ2n) is 3.63. The van der Waals surface area contributed by atoms with E-state index >= 15 is 0 Å². The van der Waals surface area contributed by atoms with Crippen LogP contribution in [0.1, 0.15) is 41.0 Å². The Morgan fingerprint density at radius 1 is 0.929 bits per heavy atom. The highest BCUT2D eigenvalue weighted by Crippen LogP contribution is 2.07. The van der Waals surface area contributed by atoms with E-state index in [9.17, 15) is 0 Å². The lowest BCUT2D eigenvalue weighted by Crippen LogP contribution is -1.75. The Kier molecular flexibility index (Phi) is 6.82. The van der Waals surface area contributed by atoms with Crippen LogP contribution in [0.5, 0.6) is 0 Å². The quantitative estimate of drug-likeness (QED) is 0.558. The van der Waals surface area contributed by atoms with Gasteiger partial charge in [0.1, 0.15) is 0 Å². The molecule has 0 spiro atoms. The van der Waals surface area contributed by atoms with Crippen LogP contribution in [0.2, 0.25) is 0 Å². The molecule has 0 aromatic carbocycles. The van der Waals surface area contributed by atoms with E-state index in [1.807, 2.05) is 6.92 Å². The van der Waals surface area contributed by atoms with Crippen molar-refractivity contribution in [3.63, 3.8) is 0 Å². The zero-order valence-corrected chi connectivity index (χ0v) is 10.1. The topological polar surface area (TPSA) is 0 Å². The molecule has 0 unspecified atom stereocenters. The minimum atomic E-state index is 1.10. The molecule has 0 rings (SSSR count). The molecule has 0 aliphatic rings. The lowest BCUT2D eigenvalue weighted by molar-refractivity contribution is 1.19. The Morgan fingerprint density at radius 3 is 2.00 bits per heavy atom. The highest BCUT2D eigenvalue weighted by Gasteiger charge is 1.86. The van der Waals surface area contributed by atoms with E-state index in [0.29, 0.717) is 0 Å². The Labute approximate surface area is 88.7 Å². The van der Waals surface area contributed by atoms with Gasteiger partial charge >= 0.3 is 0 Å². The molecule has 0 fully saturated rings. The summed E-state index contributed by atoms with van der Waals surface area (Å²) in [4.78, 5) is 0. The monoisotopic (exact) mass is 190 g/mol. The minimum Gasteiger partial charge on any atom is -0.0874 e. The third-order valence-electron chi connectivity index (χ3n) is 1.87. The first-order valence-electron chi connectivity index (χ1n) is 5.26. The number of hydrogen-bond acceptors (Lipinski definition) is 0. The van der Waals surface area contributed by atoms with Gasteiger partial charge in [-0.25, -0.2) is 0 Å². The molecule has 0 heteroatoms. The van der Waals surface area contributed by atoms with Gasteiger partial charge in [-0.2, -0.15) is 0 Å². The molecule has 0 bridgehead atoms.